The van der Waals surface area contributed by atoms with Gasteiger partial charge in [0.2, 0.25) is 16.2 Å². The average Bonchev–Trinajstić information content (AvgIpc) is 3.53. The van der Waals surface area contributed by atoms with Crippen molar-refractivity contribution in [3.8, 4) is 0 Å². The normalized spacial score (nSPS) is 36.6. The Labute approximate surface area is 244 Å². The average molecular weight is 570 g/mol. The molecule has 2 aliphatic heterocycles. The number of likely N-dealkylation sites (N-methyl/N-ethyl adjacent to an activating group) is 1. The molecular weight excluding hydrogens is 522 g/mol. The van der Waals surface area contributed by atoms with Gasteiger partial charge in [-0.25, -0.2) is 0 Å². The quantitative estimate of drug-likeness (QED) is 0.511. The molecule has 4 saturated carbocycles. The zero-order chi connectivity index (χ0) is 27.5. The molecule has 4 aliphatic carbocycles. The van der Waals surface area contributed by atoms with Gasteiger partial charge in [-0.1, -0.05) is 25.2 Å². The van der Waals surface area contributed by atoms with Crippen LogP contribution in [-0.2, 0) is 4.79 Å². The SMILES string of the molecule is CC1CC23CC(C)(C2)CC([C@@H](C(=O)Nc2nnc(N[C@@H]4CCN(c5cccnn5)C4)s2)N2CCN(C)CC2)(C1)C3.[HH].[HH]. The number of anilines is 3. The van der Waals surface area contributed by atoms with Gasteiger partial charge in [0.25, 0.3) is 0 Å². The minimum atomic E-state index is -0.112. The van der Waals surface area contributed by atoms with E-state index in [1.54, 1.807) is 6.20 Å². The van der Waals surface area contributed by atoms with Crippen molar-refractivity contribution in [1.82, 2.24) is 30.2 Å². The highest BCUT2D eigenvalue weighted by Crippen LogP contribution is 2.75. The highest BCUT2D eigenvalue weighted by Gasteiger charge is 2.67. The van der Waals surface area contributed by atoms with Gasteiger partial charge in [0.1, 0.15) is 0 Å². The van der Waals surface area contributed by atoms with Crippen molar-refractivity contribution < 1.29 is 7.65 Å². The third-order valence-corrected chi connectivity index (χ3v) is 11.2. The molecule has 3 bridgehead atoms. The Morgan fingerprint density at radius 1 is 1.07 bits per heavy atom. The number of rotatable bonds is 7. The summed E-state index contributed by atoms with van der Waals surface area (Å²) in [6, 6.07) is 4.06. The Hall–Kier alpha value is -2.37. The second-order valence-corrected chi connectivity index (χ2v) is 15.2. The molecule has 2 aromatic rings. The predicted molar refractivity (Wildman–Crippen MR) is 162 cm³/mol. The molecule has 220 valence electrons. The number of nitrogens with one attached hydrogen (secondary N) is 2. The largest absolute Gasteiger partial charge is 0.355 e. The second-order valence-electron chi connectivity index (χ2n) is 14.2. The van der Waals surface area contributed by atoms with E-state index in [4.69, 9.17) is 0 Å². The molecule has 6 fully saturated rings. The number of carbonyl (C=O) groups excluding carboxylic acids is 1. The zero-order valence-electron chi connectivity index (χ0n) is 24.1. The molecule has 6 aliphatic rings. The molecule has 2 saturated heterocycles. The molecule has 0 aromatic carbocycles. The molecule has 2 unspecified atom stereocenters. The summed E-state index contributed by atoms with van der Waals surface area (Å²) >= 11 is 1.45. The minimum absolute atomic E-state index is 0. The summed E-state index contributed by atoms with van der Waals surface area (Å²) in [4.78, 5) is 21.4. The first kappa shape index (κ1) is 26.5. The Morgan fingerprint density at radius 3 is 2.65 bits per heavy atom. The molecule has 10 nitrogen and oxygen atoms in total. The third kappa shape index (κ3) is 4.87. The van der Waals surface area contributed by atoms with Gasteiger partial charge in [0, 0.05) is 54.4 Å². The fraction of sp³-hybridized carbons (Fsp3) is 0.759. The lowest BCUT2D eigenvalue weighted by atomic mass is 9.34. The summed E-state index contributed by atoms with van der Waals surface area (Å²) < 4.78 is 0. The van der Waals surface area contributed by atoms with E-state index in [1.807, 2.05) is 12.1 Å². The van der Waals surface area contributed by atoms with Crippen LogP contribution in [0, 0.1) is 22.2 Å². The highest BCUT2D eigenvalue weighted by atomic mass is 32.1. The van der Waals surface area contributed by atoms with Gasteiger partial charge in [-0.05, 0) is 86.3 Å². The van der Waals surface area contributed by atoms with Crippen molar-refractivity contribution in [2.24, 2.45) is 22.2 Å². The molecule has 0 radical (unpaired) electrons. The molecule has 8 rings (SSSR count). The summed E-state index contributed by atoms with van der Waals surface area (Å²) in [6.07, 6.45) is 10.3. The monoisotopic (exact) mass is 569 g/mol. The molecule has 40 heavy (non-hydrogen) atoms. The lowest BCUT2D eigenvalue weighted by Gasteiger charge is -2.71. The number of nitrogens with zero attached hydrogens (tertiary/aromatic N) is 7. The van der Waals surface area contributed by atoms with Gasteiger partial charge in [-0.15, -0.1) is 15.3 Å². The lowest BCUT2D eigenvalue weighted by Crippen LogP contribution is -2.68. The van der Waals surface area contributed by atoms with Gasteiger partial charge in [-0.2, -0.15) is 5.10 Å². The van der Waals surface area contributed by atoms with Crippen molar-refractivity contribution in [3.05, 3.63) is 18.3 Å². The molecular formula is C29H47N9OS. The van der Waals surface area contributed by atoms with Crippen molar-refractivity contribution in [1.29, 1.82) is 0 Å². The van der Waals surface area contributed by atoms with Gasteiger partial charge in [0.05, 0.1) is 6.04 Å². The van der Waals surface area contributed by atoms with Crippen molar-refractivity contribution in [2.75, 3.05) is 61.8 Å². The molecule has 4 atom stereocenters. The number of carbonyl (C=O) groups is 1. The van der Waals surface area contributed by atoms with Crippen LogP contribution in [0.1, 0.15) is 61.6 Å². The van der Waals surface area contributed by atoms with Crippen LogP contribution in [0.4, 0.5) is 16.1 Å². The fourth-order valence-electron chi connectivity index (χ4n) is 9.98. The molecule has 1 amide bonds. The summed E-state index contributed by atoms with van der Waals surface area (Å²) in [5.41, 5.74) is 0.891. The Morgan fingerprint density at radius 2 is 1.88 bits per heavy atom. The maximum atomic E-state index is 14.3. The predicted octanol–water partition coefficient (Wildman–Crippen LogP) is 4.06. The molecule has 4 heterocycles. The smallest absolute Gasteiger partial charge is 0.244 e. The Bertz CT molecular complexity index is 1230. The van der Waals surface area contributed by atoms with Crippen LogP contribution in [0.2, 0.25) is 0 Å². The maximum Gasteiger partial charge on any atom is 0.244 e. The van der Waals surface area contributed by atoms with Gasteiger partial charge in [-0.3, -0.25) is 15.0 Å². The van der Waals surface area contributed by atoms with Crippen LogP contribution in [0.25, 0.3) is 0 Å². The molecule has 11 heteroatoms. The topological polar surface area (TPSA) is 102 Å². The van der Waals surface area contributed by atoms with E-state index in [0.29, 0.717) is 21.9 Å². The second kappa shape index (κ2) is 9.87. The first-order valence-electron chi connectivity index (χ1n) is 15.1. The first-order valence-corrected chi connectivity index (χ1v) is 15.9. The van der Waals surface area contributed by atoms with Crippen LogP contribution in [0.15, 0.2) is 18.3 Å². The third-order valence-electron chi connectivity index (χ3n) is 10.4. The molecule has 2 aromatic heterocycles. The molecule has 1 spiro atoms. The van der Waals surface area contributed by atoms with Crippen molar-refractivity contribution in [2.45, 2.75) is 70.9 Å². The summed E-state index contributed by atoms with van der Waals surface area (Å²) in [5, 5.41) is 25.2. The van der Waals surface area contributed by atoms with E-state index in [2.05, 4.69) is 66.6 Å². The summed E-state index contributed by atoms with van der Waals surface area (Å²) in [6.45, 7) is 10.6. The number of aromatic nitrogens is 4. The van der Waals surface area contributed by atoms with Crippen molar-refractivity contribution in [3.63, 3.8) is 0 Å². The van der Waals surface area contributed by atoms with Crippen LogP contribution in [-0.4, -0.2) is 94.5 Å². The van der Waals surface area contributed by atoms with Crippen LogP contribution in [0.5, 0.6) is 0 Å². The fourth-order valence-corrected chi connectivity index (χ4v) is 10.7. The highest BCUT2D eigenvalue weighted by molar-refractivity contribution is 7.19. The number of piperazine rings is 1. The standard InChI is InChI=1S/C29H43N9OS.2H2/c1-20-13-28-16-27(2,17-28)18-29(14-20,19-28)23(37-11-9-36(3)10-12-37)24(39)32-26-35-34-25(40-26)31-21-6-8-38(15-21)22-5-4-7-30-33-22;;/h4-5,7,20-21,23H,6,8-19H2,1-3H3,(H,31,34)(H,32,35,39);2*1H/t20?,21-,23-,27?,28?,29?;;/m1../s1. The van der Waals surface area contributed by atoms with E-state index in [-0.39, 0.29) is 26.3 Å². The number of amides is 1. The maximum absolute atomic E-state index is 14.3. The van der Waals surface area contributed by atoms with E-state index in [0.717, 1.165) is 63.1 Å². The minimum Gasteiger partial charge on any atom is -0.355 e. The van der Waals surface area contributed by atoms with E-state index < -0.39 is 0 Å². The van der Waals surface area contributed by atoms with E-state index in [9.17, 15) is 4.79 Å². The van der Waals surface area contributed by atoms with E-state index >= 15 is 0 Å². The van der Waals surface area contributed by atoms with Crippen LogP contribution >= 0.6 is 11.3 Å². The summed E-state index contributed by atoms with van der Waals surface area (Å²) in [7, 11) is 2.19. The lowest BCUT2D eigenvalue weighted by molar-refractivity contribution is -0.211. The zero-order valence-corrected chi connectivity index (χ0v) is 24.9. The number of hydrogen-bond acceptors (Lipinski definition) is 10. The van der Waals surface area contributed by atoms with Crippen LogP contribution in [0.3, 0.4) is 0 Å². The molecule has 2 N–H and O–H groups in total. The van der Waals surface area contributed by atoms with Gasteiger partial charge < -0.3 is 15.1 Å². The number of hydrogen-bond donors (Lipinski definition) is 2. The first-order chi connectivity index (χ1) is 19.2. The van der Waals surface area contributed by atoms with Crippen LogP contribution < -0.4 is 15.5 Å². The Kier molecular flexibility index (Phi) is 6.55. The van der Waals surface area contributed by atoms with Crippen molar-refractivity contribution >= 4 is 33.3 Å². The van der Waals surface area contributed by atoms with E-state index in [1.165, 1.54) is 43.4 Å². The summed E-state index contributed by atoms with van der Waals surface area (Å²) in [5.74, 6) is 1.70. The van der Waals surface area contributed by atoms with Gasteiger partial charge >= 0.3 is 0 Å². The Balaban J connectivity index is 0.00000176. The van der Waals surface area contributed by atoms with Gasteiger partial charge in [0.15, 0.2) is 5.82 Å².